The summed E-state index contributed by atoms with van der Waals surface area (Å²) in [6.45, 7) is 13.6. The Morgan fingerprint density at radius 1 is 0.812 bits per heavy atom. The van der Waals surface area contributed by atoms with Crippen molar-refractivity contribution in [2.24, 2.45) is 0 Å². The van der Waals surface area contributed by atoms with Crippen molar-refractivity contribution in [3.63, 3.8) is 0 Å². The molecule has 1 unspecified atom stereocenters. The highest BCUT2D eigenvalue weighted by atomic mass is 16.6. The van der Waals surface area contributed by atoms with Crippen molar-refractivity contribution in [1.29, 1.82) is 0 Å². The third-order valence-corrected chi connectivity index (χ3v) is 7.34. The lowest BCUT2D eigenvalue weighted by Crippen LogP contribution is -2.41. The van der Waals surface area contributed by atoms with E-state index >= 15 is 0 Å². The van der Waals surface area contributed by atoms with E-state index < -0.39 is 17.8 Å². The zero-order valence-corrected chi connectivity index (χ0v) is 29.2. The van der Waals surface area contributed by atoms with E-state index in [1.807, 2.05) is 150 Å². The molecular formula is C40H51N3O5. The Hall–Kier alpha value is -4.82. The van der Waals surface area contributed by atoms with Crippen LogP contribution in [0, 0.1) is 6.92 Å². The molecule has 8 nitrogen and oxygen atoms in total. The molecule has 3 N–H and O–H groups in total. The minimum absolute atomic E-state index is 0.000780. The summed E-state index contributed by atoms with van der Waals surface area (Å²) in [5, 5.41) is 2.74. The number of nitrogens with zero attached hydrogens (tertiary/aromatic N) is 1. The molecule has 0 fully saturated rings. The molecule has 0 bridgehead atoms. The van der Waals surface area contributed by atoms with E-state index in [1.165, 1.54) is 0 Å². The zero-order valence-electron chi connectivity index (χ0n) is 29.2. The maximum absolute atomic E-state index is 13.3. The van der Waals surface area contributed by atoms with Gasteiger partial charge in [-0.15, -0.1) is 0 Å². The number of amides is 2. The van der Waals surface area contributed by atoms with Crippen LogP contribution in [0.2, 0.25) is 0 Å². The molecule has 4 aromatic carbocycles. The second-order valence-electron chi connectivity index (χ2n) is 12.4. The van der Waals surface area contributed by atoms with Gasteiger partial charge < -0.3 is 24.8 Å². The molecule has 0 aliphatic carbocycles. The molecule has 0 heterocycles. The second-order valence-corrected chi connectivity index (χ2v) is 12.4. The van der Waals surface area contributed by atoms with Gasteiger partial charge in [0.1, 0.15) is 17.5 Å². The van der Waals surface area contributed by atoms with Gasteiger partial charge in [-0.25, -0.2) is 4.79 Å². The first kappa shape index (κ1) is 37.6. The lowest BCUT2D eigenvalue weighted by Gasteiger charge is -2.26. The number of para-hydroxylation sites is 1. The Balaban J connectivity index is 0.000000681. The van der Waals surface area contributed by atoms with Crippen molar-refractivity contribution >= 4 is 23.4 Å². The lowest BCUT2D eigenvalue weighted by atomic mass is 10.1. The number of benzene rings is 4. The molecule has 8 heteroatoms. The molecule has 4 aromatic rings. The summed E-state index contributed by atoms with van der Waals surface area (Å²) in [5.74, 6) is 0.770. The number of rotatable bonds is 13. The van der Waals surface area contributed by atoms with Gasteiger partial charge in [-0.1, -0.05) is 72.8 Å². The fourth-order valence-electron chi connectivity index (χ4n) is 4.76. The molecule has 0 saturated carbocycles. The van der Waals surface area contributed by atoms with Gasteiger partial charge in [0, 0.05) is 43.9 Å². The Morgan fingerprint density at radius 2 is 1.44 bits per heavy atom. The van der Waals surface area contributed by atoms with E-state index in [2.05, 4.69) is 5.32 Å². The predicted molar refractivity (Wildman–Crippen MR) is 194 cm³/mol. The number of hydrogen-bond donors (Lipinski definition) is 2. The van der Waals surface area contributed by atoms with Crippen molar-refractivity contribution in [2.45, 2.75) is 72.6 Å². The number of hydrogen-bond acceptors (Lipinski definition) is 6. The van der Waals surface area contributed by atoms with Crippen LogP contribution in [0.3, 0.4) is 0 Å². The molecule has 256 valence electrons. The second kappa shape index (κ2) is 19.1. The van der Waals surface area contributed by atoms with Crippen LogP contribution in [-0.2, 0) is 33.7 Å². The van der Waals surface area contributed by atoms with Crippen LogP contribution in [0.15, 0.2) is 103 Å². The molecule has 0 aliphatic rings. The van der Waals surface area contributed by atoms with E-state index in [-0.39, 0.29) is 5.91 Å². The fraction of sp³-hybridized carbons (Fsp3) is 0.350. The van der Waals surface area contributed by atoms with Gasteiger partial charge in [-0.05, 0) is 94.1 Å². The third-order valence-electron chi connectivity index (χ3n) is 7.34. The number of likely N-dealkylation sites (N-methyl/N-ethyl adjacent to an activating group) is 1. The van der Waals surface area contributed by atoms with Crippen molar-refractivity contribution in [2.75, 3.05) is 30.8 Å². The Labute approximate surface area is 286 Å². The summed E-state index contributed by atoms with van der Waals surface area (Å²) >= 11 is 0. The monoisotopic (exact) mass is 653 g/mol. The highest BCUT2D eigenvalue weighted by molar-refractivity contribution is 5.84. The molecule has 0 saturated heterocycles. The summed E-state index contributed by atoms with van der Waals surface area (Å²) in [6, 6.07) is 33.3. The van der Waals surface area contributed by atoms with Crippen molar-refractivity contribution < 1.29 is 23.8 Å². The van der Waals surface area contributed by atoms with Gasteiger partial charge in [0.15, 0.2) is 0 Å². The number of nitrogen functional groups attached to an aromatic ring is 1. The molecule has 2 amide bonds. The molecule has 0 aliphatic heterocycles. The van der Waals surface area contributed by atoms with Gasteiger partial charge >= 0.3 is 6.09 Å². The van der Waals surface area contributed by atoms with Crippen LogP contribution in [-0.4, -0.2) is 48.4 Å². The van der Waals surface area contributed by atoms with Crippen LogP contribution in [0.25, 0.3) is 0 Å². The maximum atomic E-state index is 13.3. The summed E-state index contributed by atoms with van der Waals surface area (Å²) in [5.41, 5.74) is 10.9. The van der Waals surface area contributed by atoms with E-state index in [1.54, 1.807) is 0 Å². The molecule has 48 heavy (non-hydrogen) atoms. The number of nitrogens with two attached hydrogens (primary N) is 1. The summed E-state index contributed by atoms with van der Waals surface area (Å²) in [6.07, 6.45) is 0.220. The molecule has 0 aromatic heterocycles. The first-order chi connectivity index (χ1) is 23.0. The van der Waals surface area contributed by atoms with E-state index in [0.717, 1.165) is 40.1 Å². The van der Waals surface area contributed by atoms with Crippen molar-refractivity contribution in [1.82, 2.24) is 4.90 Å². The fourth-order valence-corrected chi connectivity index (χ4v) is 4.76. The predicted octanol–water partition coefficient (Wildman–Crippen LogP) is 8.23. The van der Waals surface area contributed by atoms with Gasteiger partial charge in [-0.2, -0.15) is 0 Å². The van der Waals surface area contributed by atoms with Crippen LogP contribution >= 0.6 is 0 Å². The number of carbonyl (C=O) groups excluding carboxylic acids is 2. The highest BCUT2D eigenvalue weighted by Crippen LogP contribution is 2.18. The number of nitrogens with one attached hydrogen (secondary N) is 1. The smallest absolute Gasteiger partial charge is 0.412 e. The van der Waals surface area contributed by atoms with Gasteiger partial charge in [-0.3, -0.25) is 10.1 Å². The van der Waals surface area contributed by atoms with Crippen molar-refractivity contribution in [3.05, 3.63) is 125 Å². The Kier molecular flexibility index (Phi) is 15.0. The Morgan fingerprint density at radius 3 is 2.00 bits per heavy atom. The molecule has 4 rings (SSSR count). The average Bonchev–Trinajstić information content (AvgIpc) is 3.06. The van der Waals surface area contributed by atoms with Gasteiger partial charge in [0.25, 0.3) is 5.91 Å². The van der Waals surface area contributed by atoms with Crippen LogP contribution < -0.4 is 15.8 Å². The first-order valence-electron chi connectivity index (χ1n) is 16.5. The normalized spacial score (nSPS) is 11.5. The van der Waals surface area contributed by atoms with Crippen LogP contribution in [0.1, 0.15) is 56.9 Å². The largest absolute Gasteiger partial charge is 0.493 e. The van der Waals surface area contributed by atoms with E-state index in [9.17, 15) is 9.59 Å². The minimum Gasteiger partial charge on any atom is -0.493 e. The Bertz CT molecular complexity index is 1510. The van der Waals surface area contributed by atoms with Crippen LogP contribution in [0.4, 0.5) is 16.2 Å². The molecule has 1 atom stereocenters. The van der Waals surface area contributed by atoms with E-state index in [4.69, 9.17) is 19.9 Å². The molecular weight excluding hydrogens is 602 g/mol. The first-order valence-corrected chi connectivity index (χ1v) is 16.5. The third kappa shape index (κ3) is 13.5. The summed E-state index contributed by atoms with van der Waals surface area (Å²) < 4.78 is 17.1. The van der Waals surface area contributed by atoms with Crippen LogP contribution in [0.5, 0.6) is 5.75 Å². The number of aryl methyl sites for hydroxylation is 1. The highest BCUT2D eigenvalue weighted by Gasteiger charge is 2.24. The maximum Gasteiger partial charge on any atom is 0.412 e. The van der Waals surface area contributed by atoms with E-state index in [0.29, 0.717) is 38.4 Å². The topological polar surface area (TPSA) is 103 Å². The quantitative estimate of drug-likeness (QED) is 0.141. The number of anilines is 2. The average molecular weight is 654 g/mol. The zero-order chi connectivity index (χ0) is 34.9. The number of ether oxygens (including phenoxy) is 3. The molecule has 0 radical (unpaired) electrons. The van der Waals surface area contributed by atoms with Gasteiger partial charge in [0.2, 0.25) is 0 Å². The van der Waals surface area contributed by atoms with Crippen molar-refractivity contribution in [3.8, 4) is 5.75 Å². The summed E-state index contributed by atoms with van der Waals surface area (Å²) in [7, 11) is 0. The SMILES string of the molecule is CCOC(Cc1ccc(OCCc2ccc(NC(=O)OC(C)(C)C)cc2)cc1)C(=O)N(CC)Cc1ccccc1.Cc1ccccc1N. The number of carbonyl (C=O) groups is 2. The minimum atomic E-state index is -0.541. The summed E-state index contributed by atoms with van der Waals surface area (Å²) in [4.78, 5) is 27.1. The van der Waals surface area contributed by atoms with Gasteiger partial charge in [0.05, 0.1) is 6.61 Å². The molecule has 0 spiro atoms. The lowest BCUT2D eigenvalue weighted by molar-refractivity contribution is -0.143. The standard InChI is InChI=1S/C33H42N2O5.C7H9N/c1-6-35(24-27-11-9-8-10-12-27)31(36)30(38-7-2)23-26-15-19-29(20-16-26)39-22-21-25-13-17-28(18-14-25)34-32(37)40-33(3,4)5;1-6-4-2-3-5-7(6)8/h8-20,30H,6-7,21-24H2,1-5H3,(H,34,37);2-5H,8H2,1H3.